The Kier molecular flexibility index (Phi) is 12.4. The molecule has 0 N–H and O–H groups in total. The molecule has 0 radical (unpaired) electrons. The van der Waals surface area contributed by atoms with E-state index >= 15 is 0 Å². The average Bonchev–Trinajstić information content (AvgIpc) is 2.25. The lowest BCUT2D eigenvalue weighted by Crippen LogP contribution is -1.97. The highest BCUT2D eigenvalue weighted by molar-refractivity contribution is 6.93. The quantitative estimate of drug-likeness (QED) is 0.345. The average molecular weight is 269 g/mol. The van der Waals surface area contributed by atoms with Crippen LogP contribution in [-0.4, -0.2) is 19.3 Å². The Morgan fingerprint density at radius 2 is 1.76 bits per heavy atom. The van der Waals surface area contributed by atoms with Crippen molar-refractivity contribution in [1.82, 2.24) is 0 Å². The van der Waals surface area contributed by atoms with Crippen molar-refractivity contribution in [3.63, 3.8) is 0 Å². The highest BCUT2D eigenvalue weighted by atomic mass is 35.5. The molecule has 0 heterocycles. The third-order valence-corrected chi connectivity index (χ3v) is 4.51. The normalized spacial score (nSPS) is 13.9. The fourth-order valence-electron chi connectivity index (χ4n) is 2.15. The van der Waals surface area contributed by atoms with E-state index in [1.165, 1.54) is 38.5 Å². The molecule has 0 aliphatic carbocycles. The van der Waals surface area contributed by atoms with Gasteiger partial charge in [0.1, 0.15) is 0 Å². The van der Waals surface area contributed by atoms with Crippen LogP contribution in [0, 0.1) is 11.8 Å². The van der Waals surface area contributed by atoms with Gasteiger partial charge in [0.05, 0.1) is 0 Å². The smallest absolute Gasteiger partial charge is 0.346 e. The highest BCUT2D eigenvalue weighted by Gasteiger charge is 2.03. The summed E-state index contributed by atoms with van der Waals surface area (Å²) in [6.07, 6.45) is 10.6. The first-order chi connectivity index (χ1) is 8.06. The van der Waals surface area contributed by atoms with Gasteiger partial charge in [-0.1, -0.05) is 52.0 Å². The molecule has 1 atom stereocenters. The number of hydrogen-bond donors (Lipinski definition) is 0. The summed E-state index contributed by atoms with van der Waals surface area (Å²) in [6, 6.07) is 0. The van der Waals surface area contributed by atoms with E-state index in [4.69, 9.17) is 9.07 Å². The number of hydrogen-bond acceptors (Lipinski definition) is 0. The maximum atomic E-state index is 5.81. The van der Waals surface area contributed by atoms with Crippen molar-refractivity contribution in [3.05, 3.63) is 11.6 Å². The standard InChI is InChI=1S/C15H29.ClH.Mg/c1-6-14(4)10-8-12-15(5)11-7-9-13(2)3;;/h6,13,15H,1,7-12H2,2-5H3;1H;/q;;+1/p-1. The van der Waals surface area contributed by atoms with Crippen molar-refractivity contribution in [2.45, 2.75) is 70.8 Å². The molecule has 0 amide bonds. The second kappa shape index (κ2) is 11.9. The van der Waals surface area contributed by atoms with E-state index in [9.17, 15) is 0 Å². The molecule has 0 aromatic rings. The van der Waals surface area contributed by atoms with Gasteiger partial charge in [-0.2, -0.15) is 0 Å². The van der Waals surface area contributed by atoms with Crippen LogP contribution < -0.4 is 0 Å². The van der Waals surface area contributed by atoms with Gasteiger partial charge in [-0.05, 0) is 31.6 Å². The van der Waals surface area contributed by atoms with E-state index < -0.39 is 0 Å². The van der Waals surface area contributed by atoms with E-state index in [0.717, 1.165) is 16.4 Å². The number of rotatable bonds is 10. The van der Waals surface area contributed by atoms with Gasteiger partial charge in [-0.25, -0.2) is 0 Å². The summed E-state index contributed by atoms with van der Waals surface area (Å²) < 4.78 is 1.16. The molecule has 0 aliphatic heterocycles. The van der Waals surface area contributed by atoms with Gasteiger partial charge in [0.15, 0.2) is 0 Å². The molecule has 0 saturated carbocycles. The Balaban J connectivity index is 3.47. The first kappa shape index (κ1) is 17.8. The van der Waals surface area contributed by atoms with Gasteiger partial charge >= 0.3 is 19.3 Å². The summed E-state index contributed by atoms with van der Waals surface area (Å²) in [4.78, 5) is 0. The zero-order chi connectivity index (χ0) is 13.1. The summed E-state index contributed by atoms with van der Waals surface area (Å²) >= 11 is -0.291. The van der Waals surface area contributed by atoms with Crippen LogP contribution in [0.3, 0.4) is 0 Å². The van der Waals surface area contributed by atoms with Crippen molar-refractivity contribution in [3.8, 4) is 0 Å². The van der Waals surface area contributed by atoms with Crippen LogP contribution in [-0.2, 0) is 0 Å². The molecule has 0 saturated heterocycles. The Hall–Kier alpha value is 0.796. The lowest BCUT2D eigenvalue weighted by Gasteiger charge is -2.12. The molecule has 0 aliphatic rings. The maximum absolute atomic E-state index is 5.81. The summed E-state index contributed by atoms with van der Waals surface area (Å²) in [5.41, 5.74) is 1.55. The van der Waals surface area contributed by atoms with Crippen LogP contribution in [0.2, 0.25) is 4.55 Å². The maximum Gasteiger partial charge on any atom is 0.504 e. The predicted octanol–water partition coefficient (Wildman–Crippen LogP) is 5.84. The van der Waals surface area contributed by atoms with Crippen LogP contribution in [0.15, 0.2) is 11.6 Å². The van der Waals surface area contributed by atoms with E-state index in [-0.39, 0.29) is 19.3 Å². The fraction of sp³-hybridized carbons (Fsp3) is 0.867. The molecule has 98 valence electrons. The van der Waals surface area contributed by atoms with E-state index in [0.29, 0.717) is 0 Å². The summed E-state index contributed by atoms with van der Waals surface area (Å²) in [5, 5.41) is 0. The van der Waals surface area contributed by atoms with Gasteiger partial charge in [0.25, 0.3) is 0 Å². The van der Waals surface area contributed by atoms with E-state index in [1.54, 1.807) is 5.57 Å². The minimum Gasteiger partial charge on any atom is -0.346 e. The molecule has 17 heavy (non-hydrogen) atoms. The molecule has 1 unspecified atom stereocenters. The minimum atomic E-state index is -0.291. The van der Waals surface area contributed by atoms with Gasteiger partial charge in [-0.3, -0.25) is 0 Å². The molecule has 0 spiro atoms. The molecule has 0 rings (SSSR count). The number of allylic oxidation sites excluding steroid dienone is 2. The lowest BCUT2D eigenvalue weighted by molar-refractivity contribution is 0.427. The van der Waals surface area contributed by atoms with E-state index in [1.807, 2.05) is 0 Å². The monoisotopic (exact) mass is 268 g/mol. The summed E-state index contributed by atoms with van der Waals surface area (Å²) in [7, 11) is 5.81. The second-order valence-corrected chi connectivity index (χ2v) is 7.94. The SMILES string of the molecule is CC(=C[CH2][Mg][Cl])CCCC(C)CCCC(C)C. The molecule has 0 nitrogen and oxygen atoms in total. The van der Waals surface area contributed by atoms with Gasteiger partial charge in [0, 0.05) is 0 Å². The van der Waals surface area contributed by atoms with Crippen LogP contribution in [0.1, 0.15) is 66.2 Å². The minimum absolute atomic E-state index is 0.291. The molecule has 0 aromatic carbocycles. The van der Waals surface area contributed by atoms with Gasteiger partial charge in [-0.15, -0.1) is 10.6 Å². The van der Waals surface area contributed by atoms with Crippen molar-refractivity contribution < 1.29 is 0 Å². The fourth-order valence-corrected chi connectivity index (χ4v) is 3.08. The zero-order valence-electron chi connectivity index (χ0n) is 12.3. The van der Waals surface area contributed by atoms with E-state index in [2.05, 4.69) is 33.8 Å². The van der Waals surface area contributed by atoms with Crippen molar-refractivity contribution in [1.29, 1.82) is 0 Å². The largest absolute Gasteiger partial charge is 0.504 e. The van der Waals surface area contributed by atoms with Gasteiger partial charge in [0.2, 0.25) is 0 Å². The Morgan fingerprint density at radius 3 is 2.35 bits per heavy atom. The first-order valence-electron chi connectivity index (χ1n) is 7.27. The summed E-state index contributed by atoms with van der Waals surface area (Å²) in [5.74, 6) is 1.77. The Morgan fingerprint density at radius 1 is 1.12 bits per heavy atom. The number of halogens is 1. The summed E-state index contributed by atoms with van der Waals surface area (Å²) in [6.45, 7) is 9.30. The predicted molar refractivity (Wildman–Crippen MR) is 81.9 cm³/mol. The van der Waals surface area contributed by atoms with Crippen LogP contribution in [0.5, 0.6) is 0 Å². The second-order valence-electron chi connectivity index (χ2n) is 5.85. The molecular formula is C15H29ClMg. The molecular weight excluding hydrogens is 240 g/mol. The van der Waals surface area contributed by atoms with Crippen molar-refractivity contribution in [2.24, 2.45) is 11.8 Å². The highest BCUT2D eigenvalue weighted by Crippen LogP contribution is 2.19. The molecule has 2 heteroatoms. The molecule has 0 fully saturated rings. The Labute approximate surface area is 122 Å². The third-order valence-electron chi connectivity index (χ3n) is 3.35. The van der Waals surface area contributed by atoms with Crippen LogP contribution in [0.4, 0.5) is 0 Å². The third kappa shape index (κ3) is 13.0. The lowest BCUT2D eigenvalue weighted by atomic mass is 9.94. The van der Waals surface area contributed by atoms with Crippen molar-refractivity contribution >= 4 is 28.3 Å². The Bertz CT molecular complexity index is 199. The van der Waals surface area contributed by atoms with Crippen molar-refractivity contribution in [2.75, 3.05) is 0 Å². The van der Waals surface area contributed by atoms with Crippen LogP contribution >= 0.6 is 9.07 Å². The van der Waals surface area contributed by atoms with Gasteiger partial charge < -0.3 is 9.07 Å². The topological polar surface area (TPSA) is 0 Å². The zero-order valence-corrected chi connectivity index (χ0v) is 14.4. The molecule has 0 bridgehead atoms. The first-order valence-corrected chi connectivity index (χ1v) is 10.4. The molecule has 0 aromatic heterocycles. The van der Waals surface area contributed by atoms with Crippen LogP contribution in [0.25, 0.3) is 0 Å².